The third-order valence-electron chi connectivity index (χ3n) is 4.90. The monoisotopic (exact) mass is 289 g/mol. The number of hydrogen-bond acceptors (Lipinski definition) is 3. The lowest BCUT2D eigenvalue weighted by Gasteiger charge is -2.39. The molecule has 0 atom stereocenters. The van der Waals surface area contributed by atoms with Crippen LogP contribution in [0.2, 0.25) is 0 Å². The standard InChI is InChI=1S/C15H31NO2S/c1-3-6-14-7-10-15(13-16,11-8-14)9-5-12-19(17,18)4-2/h14H,3-13,16H2,1-2H3. The molecule has 2 N–H and O–H groups in total. The fourth-order valence-electron chi connectivity index (χ4n) is 3.35. The fourth-order valence-corrected chi connectivity index (χ4v) is 4.23. The number of rotatable bonds is 8. The third kappa shape index (κ3) is 5.42. The van der Waals surface area contributed by atoms with Gasteiger partial charge < -0.3 is 5.73 Å². The normalized spacial score (nSPS) is 28.5. The van der Waals surface area contributed by atoms with Crippen molar-refractivity contribution in [3.8, 4) is 0 Å². The Morgan fingerprint density at radius 3 is 2.32 bits per heavy atom. The first kappa shape index (κ1) is 17.0. The van der Waals surface area contributed by atoms with Crippen molar-refractivity contribution in [2.75, 3.05) is 18.1 Å². The zero-order valence-electron chi connectivity index (χ0n) is 12.7. The summed E-state index contributed by atoms with van der Waals surface area (Å²) in [6.07, 6.45) is 9.34. The average molecular weight is 289 g/mol. The van der Waals surface area contributed by atoms with Crippen LogP contribution in [0.5, 0.6) is 0 Å². The Morgan fingerprint density at radius 1 is 1.21 bits per heavy atom. The van der Waals surface area contributed by atoms with Crippen LogP contribution in [0, 0.1) is 11.3 Å². The molecule has 0 aromatic heterocycles. The van der Waals surface area contributed by atoms with Gasteiger partial charge in [0.25, 0.3) is 0 Å². The van der Waals surface area contributed by atoms with E-state index in [2.05, 4.69) is 6.92 Å². The first-order valence-corrected chi connectivity index (χ1v) is 9.69. The lowest BCUT2D eigenvalue weighted by Crippen LogP contribution is -2.35. The second-order valence-corrected chi connectivity index (χ2v) is 8.75. The minimum Gasteiger partial charge on any atom is -0.330 e. The van der Waals surface area contributed by atoms with Crippen molar-refractivity contribution in [1.29, 1.82) is 0 Å². The Labute approximate surface area is 119 Å². The van der Waals surface area contributed by atoms with Gasteiger partial charge in [0, 0.05) is 5.75 Å². The molecule has 0 saturated heterocycles. The molecule has 0 radical (unpaired) electrons. The molecule has 4 heteroatoms. The summed E-state index contributed by atoms with van der Waals surface area (Å²) in [7, 11) is -2.82. The van der Waals surface area contributed by atoms with Crippen LogP contribution >= 0.6 is 0 Å². The van der Waals surface area contributed by atoms with Crippen molar-refractivity contribution in [1.82, 2.24) is 0 Å². The maximum atomic E-state index is 11.5. The van der Waals surface area contributed by atoms with E-state index in [9.17, 15) is 8.42 Å². The van der Waals surface area contributed by atoms with Gasteiger partial charge in [0.2, 0.25) is 0 Å². The molecule has 0 aromatic rings. The maximum Gasteiger partial charge on any atom is 0.150 e. The van der Waals surface area contributed by atoms with E-state index >= 15 is 0 Å². The van der Waals surface area contributed by atoms with Crippen LogP contribution in [0.15, 0.2) is 0 Å². The highest BCUT2D eigenvalue weighted by Crippen LogP contribution is 2.42. The molecule has 1 rings (SSSR count). The highest BCUT2D eigenvalue weighted by molar-refractivity contribution is 7.91. The van der Waals surface area contributed by atoms with E-state index in [0.717, 1.165) is 25.3 Å². The van der Waals surface area contributed by atoms with Gasteiger partial charge in [-0.2, -0.15) is 0 Å². The van der Waals surface area contributed by atoms with Gasteiger partial charge in [-0.05, 0) is 56.4 Å². The Balaban J connectivity index is 2.41. The maximum absolute atomic E-state index is 11.5. The van der Waals surface area contributed by atoms with Crippen molar-refractivity contribution >= 4 is 9.84 Å². The van der Waals surface area contributed by atoms with E-state index in [1.54, 1.807) is 6.92 Å². The van der Waals surface area contributed by atoms with Gasteiger partial charge in [0.05, 0.1) is 5.75 Å². The van der Waals surface area contributed by atoms with Crippen LogP contribution in [-0.4, -0.2) is 26.5 Å². The second kappa shape index (κ2) is 7.63. The Kier molecular flexibility index (Phi) is 6.81. The molecule has 1 aliphatic rings. The predicted octanol–water partition coefficient (Wildman–Crippen LogP) is 3.14. The quantitative estimate of drug-likeness (QED) is 0.746. The molecule has 3 nitrogen and oxygen atoms in total. The summed E-state index contributed by atoms with van der Waals surface area (Å²) in [5, 5.41) is 0. The van der Waals surface area contributed by atoms with Crippen LogP contribution in [0.1, 0.15) is 65.2 Å². The van der Waals surface area contributed by atoms with Gasteiger partial charge in [0.1, 0.15) is 9.84 Å². The summed E-state index contributed by atoms with van der Waals surface area (Å²) in [5.41, 5.74) is 6.22. The van der Waals surface area contributed by atoms with Crippen molar-refractivity contribution in [3.63, 3.8) is 0 Å². The Hall–Kier alpha value is -0.0900. The predicted molar refractivity (Wildman–Crippen MR) is 81.9 cm³/mol. The molecular weight excluding hydrogens is 258 g/mol. The number of sulfone groups is 1. The Bertz CT molecular complexity index is 343. The van der Waals surface area contributed by atoms with Crippen LogP contribution < -0.4 is 5.73 Å². The molecule has 0 unspecified atom stereocenters. The van der Waals surface area contributed by atoms with Gasteiger partial charge in [-0.1, -0.05) is 26.7 Å². The topological polar surface area (TPSA) is 60.2 Å². The molecule has 0 heterocycles. The number of hydrogen-bond donors (Lipinski definition) is 1. The molecule has 1 saturated carbocycles. The summed E-state index contributed by atoms with van der Waals surface area (Å²) in [5.74, 6) is 1.48. The van der Waals surface area contributed by atoms with E-state index in [1.165, 1.54) is 38.5 Å². The molecule has 1 aliphatic carbocycles. The lowest BCUT2D eigenvalue weighted by molar-refractivity contribution is 0.139. The molecular formula is C15H31NO2S. The van der Waals surface area contributed by atoms with E-state index in [1.807, 2.05) is 0 Å². The zero-order valence-corrected chi connectivity index (χ0v) is 13.5. The molecule has 0 amide bonds. The first-order valence-electron chi connectivity index (χ1n) is 7.87. The lowest BCUT2D eigenvalue weighted by atomic mass is 9.67. The van der Waals surface area contributed by atoms with Crippen molar-refractivity contribution < 1.29 is 8.42 Å². The van der Waals surface area contributed by atoms with Gasteiger partial charge >= 0.3 is 0 Å². The zero-order chi connectivity index (χ0) is 14.4. The summed E-state index contributed by atoms with van der Waals surface area (Å²) >= 11 is 0. The SMILES string of the molecule is CCCC1CCC(CN)(CCCS(=O)(=O)CC)CC1. The molecule has 0 aromatic carbocycles. The Morgan fingerprint density at radius 2 is 1.84 bits per heavy atom. The van der Waals surface area contributed by atoms with E-state index in [4.69, 9.17) is 5.73 Å². The molecule has 0 bridgehead atoms. The smallest absolute Gasteiger partial charge is 0.150 e. The summed E-state index contributed by atoms with van der Waals surface area (Å²) in [6, 6.07) is 0. The molecule has 0 aliphatic heterocycles. The molecule has 114 valence electrons. The van der Waals surface area contributed by atoms with Crippen LogP contribution in [0.25, 0.3) is 0 Å². The molecule has 0 spiro atoms. The molecule has 19 heavy (non-hydrogen) atoms. The van der Waals surface area contributed by atoms with Crippen molar-refractivity contribution in [2.24, 2.45) is 17.1 Å². The summed E-state index contributed by atoms with van der Waals surface area (Å²) in [4.78, 5) is 0. The fraction of sp³-hybridized carbons (Fsp3) is 1.00. The minimum atomic E-state index is -2.82. The van der Waals surface area contributed by atoms with Crippen molar-refractivity contribution in [3.05, 3.63) is 0 Å². The van der Waals surface area contributed by atoms with Gasteiger partial charge in [-0.15, -0.1) is 0 Å². The first-order chi connectivity index (χ1) is 8.97. The second-order valence-electron chi connectivity index (χ2n) is 6.28. The van der Waals surface area contributed by atoms with E-state index in [-0.39, 0.29) is 11.2 Å². The highest BCUT2D eigenvalue weighted by Gasteiger charge is 2.33. The van der Waals surface area contributed by atoms with Crippen LogP contribution in [0.3, 0.4) is 0 Å². The van der Waals surface area contributed by atoms with E-state index < -0.39 is 9.84 Å². The largest absolute Gasteiger partial charge is 0.330 e. The number of nitrogens with two attached hydrogens (primary N) is 1. The third-order valence-corrected chi connectivity index (χ3v) is 6.69. The van der Waals surface area contributed by atoms with Gasteiger partial charge in [-0.3, -0.25) is 0 Å². The molecule has 1 fully saturated rings. The van der Waals surface area contributed by atoms with Crippen LogP contribution in [0.4, 0.5) is 0 Å². The minimum absolute atomic E-state index is 0.230. The van der Waals surface area contributed by atoms with E-state index in [0.29, 0.717) is 5.75 Å². The van der Waals surface area contributed by atoms with Gasteiger partial charge in [-0.25, -0.2) is 8.42 Å². The average Bonchev–Trinajstić information content (AvgIpc) is 2.41. The van der Waals surface area contributed by atoms with Crippen LogP contribution in [-0.2, 0) is 9.84 Å². The summed E-state index contributed by atoms with van der Waals surface area (Å²) in [6.45, 7) is 4.70. The van der Waals surface area contributed by atoms with Gasteiger partial charge in [0.15, 0.2) is 0 Å². The highest BCUT2D eigenvalue weighted by atomic mass is 32.2. The summed E-state index contributed by atoms with van der Waals surface area (Å²) < 4.78 is 23.1. The van der Waals surface area contributed by atoms with Crippen molar-refractivity contribution in [2.45, 2.75) is 65.2 Å².